The Labute approximate surface area is 208 Å². The monoisotopic (exact) mass is 508 g/mol. The fourth-order valence-corrected chi connectivity index (χ4v) is 4.04. The zero-order valence-corrected chi connectivity index (χ0v) is 20.5. The van der Waals surface area contributed by atoms with Gasteiger partial charge in [0.25, 0.3) is 0 Å². The summed E-state index contributed by atoms with van der Waals surface area (Å²) in [7, 11) is 4.41. The predicted octanol–water partition coefficient (Wildman–Crippen LogP) is 0.930. The summed E-state index contributed by atoms with van der Waals surface area (Å²) in [5, 5.41) is 41.3. The summed E-state index contributed by atoms with van der Waals surface area (Å²) in [6.07, 6.45) is -6.41. The van der Waals surface area contributed by atoms with E-state index in [9.17, 15) is 20.4 Å². The zero-order chi connectivity index (χ0) is 26.0. The lowest BCUT2D eigenvalue weighted by molar-refractivity contribution is -0.207. The number of hydrogen-bond donors (Lipinski definition) is 4. The van der Waals surface area contributed by atoms with Gasteiger partial charge < -0.3 is 53.6 Å². The number of aliphatic hydroxyl groups is 4. The summed E-state index contributed by atoms with van der Waals surface area (Å²) in [6, 6.07) is 8.21. The summed E-state index contributed by atoms with van der Waals surface area (Å²) in [5.74, 6) is 1.52. The molecule has 2 aromatic carbocycles. The summed E-state index contributed by atoms with van der Waals surface area (Å²) < 4.78 is 38.6. The van der Waals surface area contributed by atoms with Crippen molar-refractivity contribution in [2.24, 2.45) is 0 Å². The Morgan fingerprint density at radius 3 is 2.14 bits per heavy atom. The lowest BCUT2D eigenvalue weighted by atomic mass is 10.0. The molecule has 2 aromatic rings. The van der Waals surface area contributed by atoms with Crippen molar-refractivity contribution in [1.82, 2.24) is 0 Å². The van der Waals surface area contributed by atoms with Gasteiger partial charge in [-0.1, -0.05) is 13.0 Å². The number of hydrogen-bond acceptors (Lipinski definition) is 11. The Bertz CT molecular complexity index is 1020. The van der Waals surface area contributed by atoms with Crippen LogP contribution in [0.5, 0.6) is 28.7 Å². The lowest BCUT2D eigenvalue weighted by Crippen LogP contribution is -2.50. The third-order valence-electron chi connectivity index (χ3n) is 6.22. The Balaban J connectivity index is 1.53. The second-order valence-electron chi connectivity index (χ2n) is 8.45. The van der Waals surface area contributed by atoms with Crippen LogP contribution in [0.4, 0.5) is 0 Å². The van der Waals surface area contributed by atoms with E-state index in [1.807, 2.05) is 6.92 Å². The number of aliphatic hydroxyl groups excluding tert-OH is 4. The van der Waals surface area contributed by atoms with Crippen LogP contribution in [0.1, 0.15) is 24.2 Å². The van der Waals surface area contributed by atoms with Gasteiger partial charge in [-0.3, -0.25) is 0 Å². The van der Waals surface area contributed by atoms with Crippen molar-refractivity contribution in [2.75, 3.05) is 27.9 Å². The molecule has 36 heavy (non-hydrogen) atoms. The molecule has 2 aliphatic heterocycles. The molecule has 11 heteroatoms. The van der Waals surface area contributed by atoms with Crippen LogP contribution in [-0.4, -0.2) is 85.4 Å². The van der Waals surface area contributed by atoms with E-state index < -0.39 is 49.7 Å². The molecule has 2 aliphatic rings. The number of epoxide rings is 1. The van der Waals surface area contributed by atoms with Crippen LogP contribution in [0.15, 0.2) is 30.3 Å². The molecule has 11 nitrogen and oxygen atoms in total. The smallest absolute Gasteiger partial charge is 0.231 e. The Morgan fingerprint density at radius 1 is 0.889 bits per heavy atom. The van der Waals surface area contributed by atoms with Crippen molar-refractivity contribution in [3.8, 4) is 28.7 Å². The van der Waals surface area contributed by atoms with Gasteiger partial charge in [0, 0.05) is 0 Å². The molecule has 198 valence electrons. The van der Waals surface area contributed by atoms with Crippen LogP contribution >= 0.6 is 0 Å². The first-order valence-corrected chi connectivity index (χ1v) is 11.6. The molecular formula is C25H32O11. The van der Waals surface area contributed by atoms with Gasteiger partial charge in [-0.15, -0.1) is 0 Å². The summed E-state index contributed by atoms with van der Waals surface area (Å²) in [4.78, 5) is 0. The van der Waals surface area contributed by atoms with E-state index in [1.165, 1.54) is 33.5 Å². The largest absolute Gasteiger partial charge is 0.493 e. The molecule has 0 aliphatic carbocycles. The molecule has 2 saturated heterocycles. The fraction of sp³-hybridized carbons (Fsp3) is 0.520. The van der Waals surface area contributed by atoms with Crippen LogP contribution < -0.4 is 23.7 Å². The molecule has 0 amide bonds. The number of rotatable bonds is 11. The molecule has 0 spiro atoms. The maximum atomic E-state index is 11.0. The van der Waals surface area contributed by atoms with E-state index in [0.29, 0.717) is 17.1 Å². The van der Waals surface area contributed by atoms with Gasteiger partial charge in [-0.2, -0.15) is 0 Å². The molecule has 2 fully saturated rings. The Hall–Kier alpha value is -2.80. The van der Waals surface area contributed by atoms with Crippen LogP contribution in [0.25, 0.3) is 0 Å². The van der Waals surface area contributed by atoms with Crippen molar-refractivity contribution >= 4 is 0 Å². The first-order chi connectivity index (χ1) is 17.3. The van der Waals surface area contributed by atoms with Gasteiger partial charge >= 0.3 is 0 Å². The molecule has 2 heterocycles. The standard InChI is InChI=1S/C25H32O11/c1-5-12-8-16(31-3)22(17(9-12)32-4)33-18(11-26)19(27)13-6-7-14(15(10-13)30-2)34-24-21(29)20(28)23-25(35-23)36-24/h6-10,18-21,23-29H,5,11H2,1-4H3. The molecule has 7 unspecified atom stereocenters. The second-order valence-corrected chi connectivity index (χ2v) is 8.45. The van der Waals surface area contributed by atoms with Gasteiger partial charge in [0.1, 0.15) is 24.4 Å². The van der Waals surface area contributed by atoms with E-state index >= 15 is 0 Å². The quantitative estimate of drug-likeness (QED) is 0.321. The van der Waals surface area contributed by atoms with Crippen molar-refractivity contribution in [3.05, 3.63) is 41.5 Å². The number of methoxy groups -OCH3 is 3. The van der Waals surface area contributed by atoms with Gasteiger partial charge in [0.05, 0.1) is 27.9 Å². The first-order valence-electron chi connectivity index (χ1n) is 11.6. The molecule has 0 radical (unpaired) electrons. The van der Waals surface area contributed by atoms with Gasteiger partial charge in [0.15, 0.2) is 35.4 Å². The molecule has 4 N–H and O–H groups in total. The molecule has 0 aromatic heterocycles. The van der Waals surface area contributed by atoms with Crippen LogP contribution in [0.2, 0.25) is 0 Å². The van der Waals surface area contributed by atoms with Gasteiger partial charge in [0.2, 0.25) is 12.0 Å². The Kier molecular flexibility index (Phi) is 8.08. The predicted molar refractivity (Wildman–Crippen MR) is 125 cm³/mol. The van der Waals surface area contributed by atoms with Crippen molar-refractivity contribution in [3.63, 3.8) is 0 Å². The van der Waals surface area contributed by atoms with Crippen LogP contribution in [-0.2, 0) is 15.9 Å². The highest BCUT2D eigenvalue weighted by Crippen LogP contribution is 2.42. The number of benzene rings is 2. The van der Waals surface area contributed by atoms with Gasteiger partial charge in [-0.25, -0.2) is 0 Å². The first kappa shape index (κ1) is 26.3. The highest BCUT2D eigenvalue weighted by Gasteiger charge is 2.57. The van der Waals surface area contributed by atoms with E-state index in [4.69, 9.17) is 33.2 Å². The van der Waals surface area contributed by atoms with Crippen molar-refractivity contribution in [1.29, 1.82) is 0 Å². The average Bonchev–Trinajstić information content (AvgIpc) is 3.69. The highest BCUT2D eigenvalue weighted by atomic mass is 16.8. The van der Waals surface area contributed by atoms with Crippen molar-refractivity contribution < 1.29 is 53.6 Å². The van der Waals surface area contributed by atoms with Crippen molar-refractivity contribution in [2.45, 2.75) is 56.4 Å². The SMILES string of the molecule is CCc1cc(OC)c(OC(CO)C(O)c2ccc(OC3OC4OC4C(O)C3O)c(OC)c2)c(OC)c1. The third kappa shape index (κ3) is 5.17. The second kappa shape index (κ2) is 11.1. The normalized spacial score (nSPS) is 26.4. The average molecular weight is 509 g/mol. The molecular weight excluding hydrogens is 476 g/mol. The minimum Gasteiger partial charge on any atom is -0.493 e. The maximum absolute atomic E-state index is 11.0. The summed E-state index contributed by atoms with van der Waals surface area (Å²) in [5.41, 5.74) is 1.35. The maximum Gasteiger partial charge on any atom is 0.231 e. The molecule has 7 atom stereocenters. The molecule has 0 saturated carbocycles. The van der Waals surface area contributed by atoms with Crippen LogP contribution in [0.3, 0.4) is 0 Å². The van der Waals surface area contributed by atoms with Crippen LogP contribution in [0, 0.1) is 0 Å². The minimum atomic E-state index is -1.32. The minimum absolute atomic E-state index is 0.212. The van der Waals surface area contributed by atoms with E-state index in [1.54, 1.807) is 18.2 Å². The lowest BCUT2D eigenvalue weighted by Gasteiger charge is -2.30. The summed E-state index contributed by atoms with van der Waals surface area (Å²) in [6.45, 7) is 1.49. The van der Waals surface area contributed by atoms with E-state index in [2.05, 4.69) is 0 Å². The zero-order valence-electron chi connectivity index (χ0n) is 20.5. The van der Waals surface area contributed by atoms with E-state index in [-0.39, 0.29) is 17.2 Å². The van der Waals surface area contributed by atoms with Gasteiger partial charge in [-0.05, 0) is 41.8 Å². The summed E-state index contributed by atoms with van der Waals surface area (Å²) >= 11 is 0. The Morgan fingerprint density at radius 2 is 1.56 bits per heavy atom. The third-order valence-corrected chi connectivity index (χ3v) is 6.22. The number of aryl methyl sites for hydroxylation is 1. The van der Waals surface area contributed by atoms with E-state index in [0.717, 1.165) is 12.0 Å². The topological polar surface area (TPSA) is 149 Å². The molecule has 0 bridgehead atoms. The highest BCUT2D eigenvalue weighted by molar-refractivity contribution is 5.54. The molecule has 4 rings (SSSR count). The number of fused-ring (bicyclic) bond motifs is 1. The fourth-order valence-electron chi connectivity index (χ4n) is 4.04. The number of ether oxygens (including phenoxy) is 7.